The van der Waals surface area contributed by atoms with Crippen LogP contribution in [0.4, 0.5) is 0 Å². The summed E-state index contributed by atoms with van der Waals surface area (Å²) < 4.78 is 20.9. The lowest BCUT2D eigenvalue weighted by atomic mass is 10.2. The quantitative estimate of drug-likeness (QED) is 0.540. The third kappa shape index (κ3) is 3.96. The van der Waals surface area contributed by atoms with E-state index < -0.39 is 12.5 Å². The van der Waals surface area contributed by atoms with Crippen LogP contribution in [0, 0.1) is 0 Å². The Morgan fingerprint density at radius 3 is 2.67 bits per heavy atom. The van der Waals surface area contributed by atoms with Crippen molar-refractivity contribution in [3.05, 3.63) is 0 Å². The number of hydrogen-bond donors (Lipinski definition) is 1. The molecule has 1 N–H and O–H groups in total. The van der Waals surface area contributed by atoms with Crippen molar-refractivity contribution in [2.45, 2.75) is 32.7 Å². The van der Waals surface area contributed by atoms with Crippen molar-refractivity contribution in [2.75, 3.05) is 0 Å². The highest BCUT2D eigenvalue weighted by Crippen LogP contribution is 1.91. The Bertz CT molecular complexity index is 77.4. The van der Waals surface area contributed by atoms with Crippen molar-refractivity contribution in [3.63, 3.8) is 0 Å². The Hall–Kier alpha value is -0.0400. The standard InChI is InChI=1S/C5H12O/c1-3-4-5(2)6/h5-6H,3-4H2,1-2H3/i3D2,5D. The van der Waals surface area contributed by atoms with E-state index in [0.717, 1.165) is 0 Å². The molecule has 0 aliphatic rings. The summed E-state index contributed by atoms with van der Waals surface area (Å²) in [7, 11) is 0. The van der Waals surface area contributed by atoms with Gasteiger partial charge in [0.25, 0.3) is 0 Å². The molecule has 0 spiro atoms. The fourth-order valence-electron chi connectivity index (χ4n) is 0.256. The molecule has 0 radical (unpaired) electrons. The minimum atomic E-state index is -1.64. The summed E-state index contributed by atoms with van der Waals surface area (Å²) in [6.07, 6.45) is -3.25. The van der Waals surface area contributed by atoms with Gasteiger partial charge in [0, 0.05) is 2.74 Å². The van der Waals surface area contributed by atoms with E-state index in [1.54, 1.807) is 0 Å². The second kappa shape index (κ2) is 3.16. The van der Waals surface area contributed by atoms with Crippen LogP contribution in [0.1, 0.15) is 30.8 Å². The van der Waals surface area contributed by atoms with Gasteiger partial charge in [-0.25, -0.2) is 0 Å². The third-order valence-corrected chi connectivity index (χ3v) is 0.433. The molecule has 0 bridgehead atoms. The van der Waals surface area contributed by atoms with Crippen LogP contribution < -0.4 is 0 Å². The molecule has 0 saturated heterocycles. The Balaban J connectivity index is 3.75. The maximum Gasteiger partial charge on any atom is 0.0597 e. The van der Waals surface area contributed by atoms with Gasteiger partial charge in [-0.1, -0.05) is 13.3 Å². The fraction of sp³-hybridized carbons (Fsp3) is 1.00. The summed E-state index contributed by atoms with van der Waals surface area (Å²) in [4.78, 5) is 0. The molecule has 1 heteroatoms. The lowest BCUT2D eigenvalue weighted by molar-refractivity contribution is 0.183. The minimum Gasteiger partial charge on any atom is -0.393 e. The first kappa shape index (κ1) is 2.31. The Labute approximate surface area is 43.2 Å². The molecule has 0 rings (SSSR count). The van der Waals surface area contributed by atoms with E-state index in [-0.39, 0.29) is 6.42 Å². The largest absolute Gasteiger partial charge is 0.393 e. The van der Waals surface area contributed by atoms with Gasteiger partial charge in [0.2, 0.25) is 0 Å². The molecule has 6 heavy (non-hydrogen) atoms. The van der Waals surface area contributed by atoms with Crippen molar-refractivity contribution in [3.8, 4) is 0 Å². The third-order valence-electron chi connectivity index (χ3n) is 0.433. The zero-order valence-corrected chi connectivity index (χ0v) is 4.15. The molecule has 0 aliphatic carbocycles. The number of hydrogen-bond acceptors (Lipinski definition) is 1. The van der Waals surface area contributed by atoms with Crippen LogP contribution in [-0.2, 0) is 0 Å². The second-order valence-electron chi connectivity index (χ2n) is 1.27. The summed E-state index contributed by atoms with van der Waals surface area (Å²) in [5, 5.41) is 8.78. The van der Waals surface area contributed by atoms with Gasteiger partial charge in [-0.05, 0) is 13.3 Å². The highest BCUT2D eigenvalue weighted by Gasteiger charge is 1.87. The summed E-state index contributed by atoms with van der Waals surface area (Å²) in [6, 6.07) is 0. The van der Waals surface area contributed by atoms with E-state index in [1.165, 1.54) is 13.8 Å². The van der Waals surface area contributed by atoms with Crippen molar-refractivity contribution in [2.24, 2.45) is 0 Å². The van der Waals surface area contributed by atoms with Gasteiger partial charge in [-0.15, -0.1) is 0 Å². The SMILES string of the molecule is [2H]C([2H])(C)CC([2H])(C)O. The molecule has 1 unspecified atom stereocenters. The van der Waals surface area contributed by atoms with Crippen LogP contribution in [0.15, 0.2) is 0 Å². The molecule has 1 atom stereocenters. The minimum absolute atomic E-state index is 0.153. The molecule has 1 nitrogen and oxygen atoms in total. The molecule has 0 aromatic carbocycles. The van der Waals surface area contributed by atoms with Crippen molar-refractivity contribution >= 4 is 0 Å². The van der Waals surface area contributed by atoms with Crippen LogP contribution in [0.2, 0.25) is 0 Å². The summed E-state index contributed by atoms with van der Waals surface area (Å²) in [5.74, 6) is 0. The monoisotopic (exact) mass is 91.1 g/mol. The van der Waals surface area contributed by atoms with Crippen molar-refractivity contribution in [1.82, 2.24) is 0 Å². The van der Waals surface area contributed by atoms with Gasteiger partial charge in [0.15, 0.2) is 0 Å². The highest BCUT2D eigenvalue weighted by atomic mass is 16.3. The van der Waals surface area contributed by atoms with Gasteiger partial charge >= 0.3 is 0 Å². The maximum atomic E-state index is 8.78. The summed E-state index contributed by atoms with van der Waals surface area (Å²) >= 11 is 0. The Kier molecular flexibility index (Phi) is 1.22. The molecular formula is C5H12O. The normalized spacial score (nSPS) is 29.5. The Morgan fingerprint density at radius 2 is 2.67 bits per heavy atom. The maximum absolute atomic E-state index is 8.78. The van der Waals surface area contributed by atoms with E-state index in [4.69, 9.17) is 9.22 Å². The van der Waals surface area contributed by atoms with Gasteiger partial charge in [-0.2, -0.15) is 0 Å². The molecule has 0 amide bonds. The van der Waals surface area contributed by atoms with E-state index in [9.17, 15) is 0 Å². The average molecular weight is 91.2 g/mol. The topological polar surface area (TPSA) is 20.2 Å². The van der Waals surface area contributed by atoms with E-state index in [1.807, 2.05) is 0 Å². The number of rotatable bonds is 2. The molecular weight excluding hydrogens is 76.1 g/mol. The summed E-state index contributed by atoms with van der Waals surface area (Å²) in [6.45, 7) is 2.62. The van der Waals surface area contributed by atoms with Crippen LogP contribution in [0.25, 0.3) is 0 Å². The van der Waals surface area contributed by atoms with E-state index in [2.05, 4.69) is 0 Å². The molecule has 0 aromatic heterocycles. The van der Waals surface area contributed by atoms with Gasteiger partial charge in [0.05, 0.1) is 7.45 Å². The van der Waals surface area contributed by atoms with Crippen molar-refractivity contribution < 1.29 is 9.22 Å². The lowest BCUT2D eigenvalue weighted by Gasteiger charge is -1.95. The molecule has 0 fully saturated rings. The summed E-state index contributed by atoms with van der Waals surface area (Å²) in [5.41, 5.74) is 0. The number of aliphatic hydroxyl groups is 1. The van der Waals surface area contributed by atoms with Gasteiger partial charge in [0.1, 0.15) is 0 Å². The predicted molar refractivity (Wildman–Crippen MR) is 26.6 cm³/mol. The predicted octanol–water partition coefficient (Wildman–Crippen LogP) is 1.17. The van der Waals surface area contributed by atoms with Gasteiger partial charge in [-0.3, -0.25) is 0 Å². The molecule has 0 aromatic rings. The van der Waals surface area contributed by atoms with E-state index >= 15 is 0 Å². The van der Waals surface area contributed by atoms with Gasteiger partial charge < -0.3 is 5.11 Å². The van der Waals surface area contributed by atoms with Crippen LogP contribution in [0.3, 0.4) is 0 Å². The first-order valence-corrected chi connectivity index (χ1v) is 1.93. The zero-order chi connectivity index (χ0) is 7.71. The lowest BCUT2D eigenvalue weighted by Crippen LogP contribution is -1.95. The Morgan fingerprint density at radius 1 is 2.17 bits per heavy atom. The molecule has 0 aliphatic heterocycles. The highest BCUT2D eigenvalue weighted by molar-refractivity contribution is 4.40. The molecule has 0 saturated carbocycles. The molecule has 38 valence electrons. The van der Waals surface area contributed by atoms with Crippen LogP contribution in [-0.4, -0.2) is 11.2 Å². The fourth-order valence-corrected chi connectivity index (χ4v) is 0.256. The van der Waals surface area contributed by atoms with E-state index in [0.29, 0.717) is 0 Å². The average Bonchev–Trinajstić information content (AvgIpc) is 1.14. The molecule has 0 heterocycles. The van der Waals surface area contributed by atoms with Crippen molar-refractivity contribution in [1.29, 1.82) is 0 Å². The van der Waals surface area contributed by atoms with Crippen LogP contribution >= 0.6 is 0 Å². The van der Waals surface area contributed by atoms with Crippen LogP contribution in [0.5, 0.6) is 0 Å². The first-order chi connectivity index (χ1) is 3.71. The zero-order valence-electron chi connectivity index (χ0n) is 7.15. The smallest absolute Gasteiger partial charge is 0.0597 e. The second-order valence-corrected chi connectivity index (χ2v) is 1.27. The first-order valence-electron chi connectivity index (χ1n) is 3.43.